The SMILES string of the molecule is CCOc1ccccc1NC(=O)[C@@H](C)OC(=O)c1oc2ccc(OC)cc2c1C. The molecule has 0 aliphatic carbocycles. The van der Waals surface area contributed by atoms with Crippen LogP contribution in [0.15, 0.2) is 46.9 Å². The van der Waals surface area contributed by atoms with Crippen LogP contribution in [0.3, 0.4) is 0 Å². The second-order valence-corrected chi connectivity index (χ2v) is 6.38. The van der Waals surface area contributed by atoms with E-state index in [1.54, 1.807) is 50.4 Å². The maximum Gasteiger partial charge on any atom is 0.375 e. The second kappa shape index (κ2) is 8.68. The number of methoxy groups -OCH3 is 1. The predicted octanol–water partition coefficient (Wildman–Crippen LogP) is 4.33. The molecular weight excluding hydrogens is 374 g/mol. The van der Waals surface area contributed by atoms with E-state index in [4.69, 9.17) is 18.6 Å². The van der Waals surface area contributed by atoms with Crippen LogP contribution in [0.2, 0.25) is 0 Å². The number of carbonyl (C=O) groups is 2. The number of carbonyl (C=O) groups excluding carboxylic acids is 2. The van der Waals surface area contributed by atoms with Gasteiger partial charge in [-0.25, -0.2) is 4.79 Å². The molecule has 7 nitrogen and oxygen atoms in total. The fourth-order valence-electron chi connectivity index (χ4n) is 2.87. The van der Waals surface area contributed by atoms with E-state index < -0.39 is 18.0 Å². The monoisotopic (exact) mass is 397 g/mol. The minimum Gasteiger partial charge on any atom is -0.497 e. The Morgan fingerprint density at radius 1 is 1.17 bits per heavy atom. The Bertz CT molecular complexity index is 1040. The molecule has 0 fully saturated rings. The number of rotatable bonds is 7. The van der Waals surface area contributed by atoms with E-state index >= 15 is 0 Å². The van der Waals surface area contributed by atoms with Crippen molar-refractivity contribution in [2.45, 2.75) is 26.9 Å². The zero-order chi connectivity index (χ0) is 21.0. The summed E-state index contributed by atoms with van der Waals surface area (Å²) in [5, 5.41) is 3.47. The molecule has 7 heteroatoms. The summed E-state index contributed by atoms with van der Waals surface area (Å²) in [5.41, 5.74) is 1.67. The van der Waals surface area contributed by atoms with Crippen LogP contribution < -0.4 is 14.8 Å². The summed E-state index contributed by atoms with van der Waals surface area (Å²) in [6, 6.07) is 12.3. The van der Waals surface area contributed by atoms with Gasteiger partial charge >= 0.3 is 5.97 Å². The molecule has 1 aromatic heterocycles. The van der Waals surface area contributed by atoms with Crippen LogP contribution in [-0.2, 0) is 9.53 Å². The third-order valence-electron chi connectivity index (χ3n) is 4.43. The van der Waals surface area contributed by atoms with Crippen molar-refractivity contribution in [1.29, 1.82) is 0 Å². The van der Waals surface area contributed by atoms with Crippen LogP contribution in [0.1, 0.15) is 30.0 Å². The molecule has 1 N–H and O–H groups in total. The fourth-order valence-corrected chi connectivity index (χ4v) is 2.87. The number of ether oxygens (including phenoxy) is 3. The van der Waals surface area contributed by atoms with E-state index in [1.165, 1.54) is 6.92 Å². The van der Waals surface area contributed by atoms with Gasteiger partial charge in [0.2, 0.25) is 5.76 Å². The average molecular weight is 397 g/mol. The summed E-state index contributed by atoms with van der Waals surface area (Å²) in [4.78, 5) is 25.1. The van der Waals surface area contributed by atoms with Crippen molar-refractivity contribution in [3.8, 4) is 11.5 Å². The summed E-state index contributed by atoms with van der Waals surface area (Å²) >= 11 is 0. The highest BCUT2D eigenvalue weighted by Crippen LogP contribution is 2.29. The minimum absolute atomic E-state index is 0.0580. The van der Waals surface area contributed by atoms with Gasteiger partial charge in [-0.15, -0.1) is 0 Å². The molecule has 1 heterocycles. The molecular formula is C22H23NO6. The number of esters is 1. The number of para-hydroxylation sites is 2. The van der Waals surface area contributed by atoms with E-state index in [1.807, 2.05) is 13.0 Å². The molecule has 0 aliphatic heterocycles. The van der Waals surface area contributed by atoms with E-state index in [0.29, 0.717) is 34.9 Å². The van der Waals surface area contributed by atoms with Crippen LogP contribution >= 0.6 is 0 Å². The van der Waals surface area contributed by atoms with E-state index in [0.717, 1.165) is 5.39 Å². The number of fused-ring (bicyclic) bond motifs is 1. The van der Waals surface area contributed by atoms with Gasteiger partial charge in [-0.3, -0.25) is 4.79 Å². The van der Waals surface area contributed by atoms with Crippen molar-refractivity contribution in [2.75, 3.05) is 19.0 Å². The van der Waals surface area contributed by atoms with Gasteiger partial charge in [0.05, 0.1) is 19.4 Å². The third kappa shape index (κ3) is 4.34. The van der Waals surface area contributed by atoms with Crippen molar-refractivity contribution in [1.82, 2.24) is 0 Å². The number of benzene rings is 2. The predicted molar refractivity (Wildman–Crippen MR) is 109 cm³/mol. The molecule has 0 bridgehead atoms. The zero-order valence-electron chi connectivity index (χ0n) is 16.8. The number of anilines is 1. The number of aryl methyl sites for hydroxylation is 1. The molecule has 0 radical (unpaired) electrons. The standard InChI is InChI=1S/C22H23NO6/c1-5-27-19-9-7-6-8-17(19)23-21(24)14(3)28-22(25)20-13(2)16-12-15(26-4)10-11-18(16)29-20/h6-12,14H,5H2,1-4H3,(H,23,24)/t14-/m1/s1. The molecule has 1 atom stereocenters. The van der Waals surface area contributed by atoms with Crippen LogP contribution in [0.4, 0.5) is 5.69 Å². The molecule has 0 aliphatic rings. The van der Waals surface area contributed by atoms with Crippen molar-refractivity contribution >= 4 is 28.5 Å². The maximum absolute atomic E-state index is 12.6. The number of hydrogen-bond donors (Lipinski definition) is 1. The number of hydrogen-bond acceptors (Lipinski definition) is 6. The number of furan rings is 1. The quantitative estimate of drug-likeness (QED) is 0.597. The molecule has 0 spiro atoms. The van der Waals surface area contributed by atoms with Crippen LogP contribution in [-0.4, -0.2) is 31.7 Å². The van der Waals surface area contributed by atoms with Crippen LogP contribution in [0.25, 0.3) is 11.0 Å². The molecule has 0 saturated heterocycles. The van der Waals surface area contributed by atoms with Crippen molar-refractivity contribution in [2.24, 2.45) is 0 Å². The van der Waals surface area contributed by atoms with Gasteiger partial charge in [0.1, 0.15) is 17.1 Å². The molecule has 1 amide bonds. The number of nitrogens with one attached hydrogen (secondary N) is 1. The van der Waals surface area contributed by atoms with Gasteiger partial charge in [0, 0.05) is 10.9 Å². The molecule has 3 aromatic rings. The van der Waals surface area contributed by atoms with Crippen LogP contribution in [0, 0.1) is 6.92 Å². The molecule has 152 valence electrons. The Morgan fingerprint density at radius 3 is 2.66 bits per heavy atom. The largest absolute Gasteiger partial charge is 0.497 e. The van der Waals surface area contributed by atoms with Gasteiger partial charge in [-0.05, 0) is 51.1 Å². The van der Waals surface area contributed by atoms with Gasteiger partial charge < -0.3 is 23.9 Å². The lowest BCUT2D eigenvalue weighted by Gasteiger charge is -2.15. The normalized spacial score (nSPS) is 11.7. The fraction of sp³-hybridized carbons (Fsp3) is 0.273. The van der Waals surface area contributed by atoms with Crippen molar-refractivity contribution < 1.29 is 28.2 Å². The van der Waals surface area contributed by atoms with Crippen LogP contribution in [0.5, 0.6) is 11.5 Å². The molecule has 3 rings (SSSR count). The van der Waals surface area contributed by atoms with Gasteiger partial charge in [-0.1, -0.05) is 12.1 Å². The van der Waals surface area contributed by atoms with Gasteiger partial charge in [0.25, 0.3) is 5.91 Å². The van der Waals surface area contributed by atoms with Crippen molar-refractivity contribution in [3.63, 3.8) is 0 Å². The lowest BCUT2D eigenvalue weighted by atomic mass is 10.1. The Balaban J connectivity index is 1.73. The Labute approximate surface area is 168 Å². The summed E-state index contributed by atoms with van der Waals surface area (Å²) < 4.78 is 21.6. The van der Waals surface area contributed by atoms with Gasteiger partial charge in [0.15, 0.2) is 6.10 Å². The third-order valence-corrected chi connectivity index (χ3v) is 4.43. The Hall–Kier alpha value is -3.48. The lowest BCUT2D eigenvalue weighted by Crippen LogP contribution is -2.30. The van der Waals surface area contributed by atoms with E-state index in [2.05, 4.69) is 5.32 Å². The number of amides is 1. The maximum atomic E-state index is 12.6. The highest BCUT2D eigenvalue weighted by atomic mass is 16.6. The highest BCUT2D eigenvalue weighted by Gasteiger charge is 2.25. The first kappa shape index (κ1) is 20.3. The lowest BCUT2D eigenvalue weighted by molar-refractivity contribution is -0.123. The highest BCUT2D eigenvalue weighted by molar-refractivity contribution is 6.00. The summed E-state index contributed by atoms with van der Waals surface area (Å²) in [5.74, 6) is 0.0768. The first-order valence-corrected chi connectivity index (χ1v) is 9.25. The summed E-state index contributed by atoms with van der Waals surface area (Å²) in [6.07, 6.45) is -1.03. The summed E-state index contributed by atoms with van der Waals surface area (Å²) in [6.45, 7) is 5.57. The first-order valence-electron chi connectivity index (χ1n) is 9.25. The Morgan fingerprint density at radius 2 is 1.93 bits per heavy atom. The molecule has 29 heavy (non-hydrogen) atoms. The van der Waals surface area contributed by atoms with Gasteiger partial charge in [-0.2, -0.15) is 0 Å². The smallest absolute Gasteiger partial charge is 0.375 e. The molecule has 2 aromatic carbocycles. The van der Waals surface area contributed by atoms with Crippen molar-refractivity contribution in [3.05, 3.63) is 53.8 Å². The molecule has 0 unspecified atom stereocenters. The first-order chi connectivity index (χ1) is 13.9. The summed E-state index contributed by atoms with van der Waals surface area (Å²) in [7, 11) is 1.57. The zero-order valence-corrected chi connectivity index (χ0v) is 16.8. The van der Waals surface area contributed by atoms with E-state index in [9.17, 15) is 9.59 Å². The Kier molecular flexibility index (Phi) is 6.07. The second-order valence-electron chi connectivity index (χ2n) is 6.38. The minimum atomic E-state index is -1.03. The molecule has 0 saturated carbocycles. The topological polar surface area (TPSA) is 87.0 Å². The van der Waals surface area contributed by atoms with E-state index in [-0.39, 0.29) is 5.76 Å². The average Bonchev–Trinajstić information content (AvgIpc) is 3.05.